The smallest absolute Gasteiger partial charge is 0.270 e. The second-order valence-electron chi connectivity index (χ2n) is 4.02. The van der Waals surface area contributed by atoms with Crippen LogP contribution < -0.4 is 16.6 Å². The van der Waals surface area contributed by atoms with Crippen LogP contribution in [0, 0.1) is 0 Å². The number of carbonyl (C=O) groups is 1. The maximum Gasteiger partial charge on any atom is 0.270 e. The highest BCUT2D eigenvalue weighted by Gasteiger charge is 2.13. The number of rotatable bonds is 4. The van der Waals surface area contributed by atoms with Gasteiger partial charge in [-0.05, 0) is 31.2 Å². The van der Waals surface area contributed by atoms with Crippen molar-refractivity contribution in [1.82, 2.24) is 15.3 Å². The number of amides is 1. The molecule has 0 bridgehead atoms. The molecule has 2 rings (SSSR count). The van der Waals surface area contributed by atoms with Gasteiger partial charge in [0, 0.05) is 12.4 Å². The van der Waals surface area contributed by atoms with Gasteiger partial charge in [0.1, 0.15) is 5.69 Å². The zero-order valence-electron chi connectivity index (χ0n) is 10.5. The Hall–Kier alpha value is -2.47. The standard InChI is InChI=1S/C13H15N5O/c1-9(11-4-2-3-6-15-11)17-13(19)12-8-10(18-14)5-7-16-12/h2-9H,14H2,1H3,(H,16,18)(H,17,19). The fourth-order valence-corrected chi connectivity index (χ4v) is 1.62. The first kappa shape index (κ1) is 13.0. The number of hydrogen-bond acceptors (Lipinski definition) is 5. The average molecular weight is 257 g/mol. The number of nitrogens with one attached hydrogen (secondary N) is 2. The van der Waals surface area contributed by atoms with E-state index in [4.69, 9.17) is 5.84 Å². The fraction of sp³-hybridized carbons (Fsp3) is 0.154. The van der Waals surface area contributed by atoms with Crippen LogP contribution in [0.1, 0.15) is 29.1 Å². The van der Waals surface area contributed by atoms with Gasteiger partial charge in [-0.3, -0.25) is 20.6 Å². The lowest BCUT2D eigenvalue weighted by atomic mass is 10.2. The monoisotopic (exact) mass is 257 g/mol. The van der Waals surface area contributed by atoms with E-state index in [1.165, 1.54) is 6.20 Å². The fourth-order valence-electron chi connectivity index (χ4n) is 1.62. The second kappa shape index (κ2) is 5.92. The predicted octanol–water partition coefficient (Wildman–Crippen LogP) is 1.25. The van der Waals surface area contributed by atoms with E-state index < -0.39 is 0 Å². The summed E-state index contributed by atoms with van der Waals surface area (Å²) < 4.78 is 0. The van der Waals surface area contributed by atoms with Gasteiger partial charge >= 0.3 is 0 Å². The summed E-state index contributed by atoms with van der Waals surface area (Å²) in [5.74, 6) is 5.02. The molecule has 2 aromatic heterocycles. The Morgan fingerprint density at radius 1 is 1.26 bits per heavy atom. The lowest BCUT2D eigenvalue weighted by Gasteiger charge is -2.13. The van der Waals surface area contributed by atoms with E-state index in [-0.39, 0.29) is 11.9 Å². The molecule has 19 heavy (non-hydrogen) atoms. The third kappa shape index (κ3) is 3.26. The molecule has 0 aliphatic carbocycles. The van der Waals surface area contributed by atoms with Crippen LogP contribution in [0.5, 0.6) is 0 Å². The second-order valence-corrected chi connectivity index (χ2v) is 4.02. The van der Waals surface area contributed by atoms with Crippen LogP contribution in [0.4, 0.5) is 5.69 Å². The minimum Gasteiger partial charge on any atom is -0.343 e. The van der Waals surface area contributed by atoms with Crippen LogP contribution >= 0.6 is 0 Å². The summed E-state index contributed by atoms with van der Waals surface area (Å²) in [6, 6.07) is 8.64. The van der Waals surface area contributed by atoms with Gasteiger partial charge in [0.2, 0.25) is 0 Å². The number of nitrogens with zero attached hydrogens (tertiary/aromatic N) is 2. The first-order chi connectivity index (χ1) is 9.20. The molecular weight excluding hydrogens is 242 g/mol. The number of hydrogen-bond donors (Lipinski definition) is 3. The Kier molecular flexibility index (Phi) is 4.04. The highest BCUT2D eigenvalue weighted by atomic mass is 16.1. The summed E-state index contributed by atoms with van der Waals surface area (Å²) in [5.41, 5.74) is 4.20. The van der Waals surface area contributed by atoms with Crippen molar-refractivity contribution in [3.8, 4) is 0 Å². The van der Waals surface area contributed by atoms with Gasteiger partial charge in [-0.1, -0.05) is 6.07 Å². The highest BCUT2D eigenvalue weighted by molar-refractivity contribution is 5.93. The van der Waals surface area contributed by atoms with E-state index in [0.717, 1.165) is 5.69 Å². The van der Waals surface area contributed by atoms with Crippen molar-refractivity contribution in [2.24, 2.45) is 5.84 Å². The van der Waals surface area contributed by atoms with Crippen LogP contribution in [0.3, 0.4) is 0 Å². The molecule has 0 aliphatic heterocycles. The van der Waals surface area contributed by atoms with Crippen LogP contribution in [-0.4, -0.2) is 15.9 Å². The van der Waals surface area contributed by atoms with Gasteiger partial charge in [-0.25, -0.2) is 0 Å². The Labute approximate surface area is 111 Å². The maximum atomic E-state index is 12.0. The Morgan fingerprint density at radius 3 is 2.79 bits per heavy atom. The third-order valence-corrected chi connectivity index (χ3v) is 2.64. The molecule has 0 saturated heterocycles. The van der Waals surface area contributed by atoms with E-state index >= 15 is 0 Å². The average Bonchev–Trinajstić information content (AvgIpc) is 2.48. The van der Waals surface area contributed by atoms with Gasteiger partial charge in [0.25, 0.3) is 5.91 Å². The van der Waals surface area contributed by atoms with E-state index in [0.29, 0.717) is 11.4 Å². The zero-order valence-corrected chi connectivity index (χ0v) is 10.5. The van der Waals surface area contributed by atoms with Gasteiger partial charge in [-0.2, -0.15) is 0 Å². The van der Waals surface area contributed by atoms with Crippen molar-refractivity contribution >= 4 is 11.6 Å². The van der Waals surface area contributed by atoms with E-state index in [9.17, 15) is 4.79 Å². The van der Waals surface area contributed by atoms with E-state index in [1.807, 2.05) is 25.1 Å². The maximum absolute atomic E-state index is 12.0. The highest BCUT2D eigenvalue weighted by Crippen LogP contribution is 2.10. The summed E-state index contributed by atoms with van der Waals surface area (Å²) >= 11 is 0. The minimum absolute atomic E-state index is 0.190. The molecule has 0 radical (unpaired) electrons. The van der Waals surface area contributed by atoms with Crippen LogP contribution in [0.25, 0.3) is 0 Å². The Bertz CT molecular complexity index is 558. The molecule has 0 saturated carbocycles. The number of aromatic nitrogens is 2. The SMILES string of the molecule is CC(NC(=O)c1cc(NN)ccn1)c1ccccn1. The van der Waals surface area contributed by atoms with Gasteiger partial charge in [0.05, 0.1) is 17.4 Å². The lowest BCUT2D eigenvalue weighted by molar-refractivity contribution is 0.0934. The Morgan fingerprint density at radius 2 is 2.11 bits per heavy atom. The summed E-state index contributed by atoms with van der Waals surface area (Å²) in [6.07, 6.45) is 3.21. The molecule has 2 heterocycles. The molecule has 1 unspecified atom stereocenters. The summed E-state index contributed by atoms with van der Waals surface area (Å²) in [4.78, 5) is 20.2. The first-order valence-corrected chi connectivity index (χ1v) is 5.85. The molecule has 2 aromatic rings. The molecule has 0 spiro atoms. The number of hydrazine groups is 1. The quantitative estimate of drug-likeness (QED) is 0.566. The molecule has 0 aromatic carbocycles. The lowest BCUT2D eigenvalue weighted by Crippen LogP contribution is -2.28. The van der Waals surface area contributed by atoms with Crippen LogP contribution in [0.2, 0.25) is 0 Å². The molecular formula is C13H15N5O. The molecule has 6 nitrogen and oxygen atoms in total. The molecule has 4 N–H and O–H groups in total. The number of carbonyl (C=O) groups excluding carboxylic acids is 1. The largest absolute Gasteiger partial charge is 0.343 e. The number of pyridine rings is 2. The van der Waals surface area contributed by atoms with Crippen molar-refractivity contribution < 1.29 is 4.79 Å². The van der Waals surface area contributed by atoms with E-state index in [1.54, 1.807) is 18.3 Å². The van der Waals surface area contributed by atoms with Crippen molar-refractivity contribution in [3.63, 3.8) is 0 Å². The van der Waals surface area contributed by atoms with Crippen molar-refractivity contribution in [2.45, 2.75) is 13.0 Å². The molecule has 1 atom stereocenters. The van der Waals surface area contributed by atoms with Crippen LogP contribution in [-0.2, 0) is 0 Å². The molecule has 98 valence electrons. The molecule has 6 heteroatoms. The van der Waals surface area contributed by atoms with Gasteiger partial charge < -0.3 is 10.7 Å². The molecule has 0 aliphatic rings. The van der Waals surface area contributed by atoms with Crippen molar-refractivity contribution in [2.75, 3.05) is 5.43 Å². The van der Waals surface area contributed by atoms with Crippen molar-refractivity contribution in [1.29, 1.82) is 0 Å². The first-order valence-electron chi connectivity index (χ1n) is 5.85. The predicted molar refractivity (Wildman–Crippen MR) is 72.2 cm³/mol. The van der Waals surface area contributed by atoms with Crippen LogP contribution in [0.15, 0.2) is 42.7 Å². The summed E-state index contributed by atoms with van der Waals surface area (Å²) in [6.45, 7) is 1.87. The molecule has 0 fully saturated rings. The minimum atomic E-state index is -0.268. The number of anilines is 1. The normalized spacial score (nSPS) is 11.7. The number of nitrogen functional groups attached to an aromatic ring is 1. The summed E-state index contributed by atoms with van der Waals surface area (Å²) in [7, 11) is 0. The third-order valence-electron chi connectivity index (χ3n) is 2.64. The zero-order chi connectivity index (χ0) is 13.7. The number of nitrogens with two attached hydrogens (primary N) is 1. The Balaban J connectivity index is 2.08. The van der Waals surface area contributed by atoms with Gasteiger partial charge in [0.15, 0.2) is 0 Å². The van der Waals surface area contributed by atoms with E-state index in [2.05, 4.69) is 20.7 Å². The molecule has 1 amide bonds. The van der Waals surface area contributed by atoms with Gasteiger partial charge in [-0.15, -0.1) is 0 Å². The van der Waals surface area contributed by atoms with Crippen molar-refractivity contribution in [3.05, 3.63) is 54.1 Å². The summed E-state index contributed by atoms with van der Waals surface area (Å²) in [5, 5.41) is 2.83. The topological polar surface area (TPSA) is 92.9 Å².